The maximum absolute atomic E-state index is 13.0. The van der Waals surface area contributed by atoms with Gasteiger partial charge in [-0.15, -0.1) is 0 Å². The number of aromatic nitrogens is 3. The molecule has 25 heavy (non-hydrogen) atoms. The first-order valence-electron chi connectivity index (χ1n) is 8.35. The van der Waals surface area contributed by atoms with Gasteiger partial charge in [-0.1, -0.05) is 18.2 Å². The Hall–Kier alpha value is -3.02. The van der Waals surface area contributed by atoms with Gasteiger partial charge in [-0.2, -0.15) is 0 Å². The number of benzene rings is 1. The Labute approximate surface area is 144 Å². The minimum Gasteiger partial charge on any atom is -0.308 e. The van der Waals surface area contributed by atoms with Crippen molar-refractivity contribution in [3.8, 4) is 0 Å². The van der Waals surface area contributed by atoms with E-state index in [2.05, 4.69) is 16.0 Å². The zero-order chi connectivity index (χ0) is 17.4. The van der Waals surface area contributed by atoms with Crippen LogP contribution in [0.1, 0.15) is 18.9 Å². The lowest BCUT2D eigenvalue weighted by Gasteiger charge is -2.35. The predicted molar refractivity (Wildman–Crippen MR) is 95.5 cm³/mol. The van der Waals surface area contributed by atoms with Crippen molar-refractivity contribution in [3.63, 3.8) is 0 Å². The second-order valence-electron chi connectivity index (χ2n) is 6.33. The lowest BCUT2D eigenvalue weighted by Crippen LogP contribution is -2.44. The number of aryl methyl sites for hydroxylation is 1. The number of pyridine rings is 1. The van der Waals surface area contributed by atoms with Crippen molar-refractivity contribution in [2.45, 2.75) is 32.4 Å². The van der Waals surface area contributed by atoms with E-state index in [0.717, 1.165) is 18.5 Å². The molecule has 1 amide bonds. The SMILES string of the molecule is C[C@@H]1CCc2ccccc2N1C(=O)Cn1cnc2ncccc2c1=O. The number of amides is 1. The van der Waals surface area contributed by atoms with E-state index in [0.29, 0.717) is 11.0 Å². The molecule has 0 saturated carbocycles. The maximum Gasteiger partial charge on any atom is 0.263 e. The number of anilines is 1. The number of rotatable bonds is 2. The number of carbonyl (C=O) groups excluding carboxylic acids is 1. The monoisotopic (exact) mass is 334 g/mol. The number of carbonyl (C=O) groups is 1. The molecule has 6 nitrogen and oxygen atoms in total. The topological polar surface area (TPSA) is 68.1 Å². The first-order chi connectivity index (χ1) is 12.1. The normalized spacial score (nSPS) is 16.7. The molecule has 1 aliphatic rings. The van der Waals surface area contributed by atoms with Gasteiger partial charge in [0.1, 0.15) is 12.9 Å². The molecule has 1 atom stereocenters. The summed E-state index contributed by atoms with van der Waals surface area (Å²) in [6, 6.07) is 11.4. The standard InChI is InChI=1S/C19H18N4O2/c1-13-8-9-14-5-2-3-7-16(14)23(13)17(24)11-22-12-21-18-15(19(22)25)6-4-10-20-18/h2-7,10,12-13H,8-9,11H2,1H3/t13-/m1/s1. The molecule has 4 rings (SSSR count). The Morgan fingerprint density at radius 3 is 2.92 bits per heavy atom. The summed E-state index contributed by atoms with van der Waals surface area (Å²) in [7, 11) is 0. The van der Waals surface area contributed by atoms with Gasteiger partial charge in [-0.25, -0.2) is 9.97 Å². The smallest absolute Gasteiger partial charge is 0.263 e. The number of fused-ring (bicyclic) bond motifs is 2. The van der Waals surface area contributed by atoms with Crippen molar-refractivity contribution in [2.75, 3.05) is 4.90 Å². The molecule has 3 aromatic rings. The summed E-state index contributed by atoms with van der Waals surface area (Å²) in [4.78, 5) is 35.6. The average Bonchev–Trinajstić information content (AvgIpc) is 2.64. The Kier molecular flexibility index (Phi) is 3.80. The molecule has 0 bridgehead atoms. The van der Waals surface area contributed by atoms with Gasteiger partial charge >= 0.3 is 0 Å². The third-order valence-electron chi connectivity index (χ3n) is 4.70. The molecule has 2 aromatic heterocycles. The van der Waals surface area contributed by atoms with Crippen LogP contribution in [0.25, 0.3) is 11.0 Å². The van der Waals surface area contributed by atoms with E-state index in [1.807, 2.05) is 25.1 Å². The molecule has 0 aliphatic carbocycles. The number of hydrogen-bond donors (Lipinski definition) is 0. The van der Waals surface area contributed by atoms with Crippen LogP contribution in [-0.4, -0.2) is 26.5 Å². The molecule has 0 unspecified atom stereocenters. The highest BCUT2D eigenvalue weighted by molar-refractivity contribution is 5.95. The molecule has 3 heterocycles. The van der Waals surface area contributed by atoms with Gasteiger partial charge in [-0.3, -0.25) is 14.2 Å². The molecule has 0 fully saturated rings. The lowest BCUT2D eigenvalue weighted by molar-refractivity contribution is -0.119. The van der Waals surface area contributed by atoms with Gasteiger partial charge < -0.3 is 4.90 Å². The van der Waals surface area contributed by atoms with Crippen LogP contribution in [0.2, 0.25) is 0 Å². The molecule has 0 spiro atoms. The van der Waals surface area contributed by atoms with Crippen molar-refractivity contribution in [1.82, 2.24) is 14.5 Å². The fraction of sp³-hybridized carbons (Fsp3) is 0.263. The Bertz CT molecular complexity index is 1010. The van der Waals surface area contributed by atoms with Crippen LogP contribution in [-0.2, 0) is 17.8 Å². The van der Waals surface area contributed by atoms with Gasteiger partial charge in [0, 0.05) is 17.9 Å². The number of nitrogens with zero attached hydrogens (tertiary/aromatic N) is 4. The summed E-state index contributed by atoms with van der Waals surface area (Å²) in [6.07, 6.45) is 4.87. The predicted octanol–water partition coefficient (Wildman–Crippen LogP) is 2.16. The highest BCUT2D eigenvalue weighted by Gasteiger charge is 2.28. The minimum atomic E-state index is -0.246. The fourth-order valence-electron chi connectivity index (χ4n) is 3.40. The van der Waals surface area contributed by atoms with Crippen LogP contribution in [0, 0.1) is 0 Å². The van der Waals surface area contributed by atoms with Crippen molar-refractivity contribution in [2.24, 2.45) is 0 Å². The molecule has 6 heteroatoms. The van der Waals surface area contributed by atoms with E-state index < -0.39 is 0 Å². The van der Waals surface area contributed by atoms with Crippen LogP contribution in [0.3, 0.4) is 0 Å². The van der Waals surface area contributed by atoms with Gasteiger partial charge in [0.15, 0.2) is 5.65 Å². The summed E-state index contributed by atoms with van der Waals surface area (Å²) >= 11 is 0. The second kappa shape index (κ2) is 6.12. The van der Waals surface area contributed by atoms with Crippen LogP contribution in [0.4, 0.5) is 5.69 Å². The van der Waals surface area contributed by atoms with Crippen LogP contribution >= 0.6 is 0 Å². The molecular formula is C19H18N4O2. The number of hydrogen-bond acceptors (Lipinski definition) is 4. The van der Waals surface area contributed by atoms with E-state index >= 15 is 0 Å². The van der Waals surface area contributed by atoms with Crippen LogP contribution in [0.15, 0.2) is 53.7 Å². The molecule has 1 aliphatic heterocycles. The van der Waals surface area contributed by atoms with Crippen LogP contribution < -0.4 is 10.5 Å². The molecule has 0 radical (unpaired) electrons. The second-order valence-corrected chi connectivity index (χ2v) is 6.33. The molecule has 1 aromatic carbocycles. The van der Waals surface area contributed by atoms with Gasteiger partial charge in [0.25, 0.3) is 5.56 Å². The van der Waals surface area contributed by atoms with Gasteiger partial charge in [0.05, 0.1) is 5.39 Å². The summed E-state index contributed by atoms with van der Waals surface area (Å²) in [5, 5.41) is 0.421. The van der Waals surface area contributed by atoms with Crippen molar-refractivity contribution in [1.29, 1.82) is 0 Å². The average molecular weight is 334 g/mol. The van der Waals surface area contributed by atoms with E-state index in [1.54, 1.807) is 23.2 Å². The van der Waals surface area contributed by atoms with Crippen LogP contribution in [0.5, 0.6) is 0 Å². The van der Waals surface area contributed by atoms with E-state index in [1.165, 1.54) is 16.5 Å². The van der Waals surface area contributed by atoms with E-state index in [-0.39, 0.29) is 24.1 Å². The first-order valence-corrected chi connectivity index (χ1v) is 8.35. The van der Waals surface area contributed by atoms with E-state index in [4.69, 9.17) is 0 Å². The van der Waals surface area contributed by atoms with Gasteiger partial charge in [-0.05, 0) is 43.5 Å². The quantitative estimate of drug-likeness (QED) is 0.720. The minimum absolute atomic E-state index is 0.0324. The Morgan fingerprint density at radius 2 is 2.04 bits per heavy atom. The summed E-state index contributed by atoms with van der Waals surface area (Å²) in [5.74, 6) is -0.105. The highest BCUT2D eigenvalue weighted by atomic mass is 16.2. The zero-order valence-electron chi connectivity index (χ0n) is 13.9. The lowest BCUT2D eigenvalue weighted by atomic mass is 9.96. The maximum atomic E-state index is 13.0. The van der Waals surface area contributed by atoms with Crippen molar-refractivity contribution in [3.05, 3.63) is 64.8 Å². The zero-order valence-corrected chi connectivity index (χ0v) is 13.9. The fourth-order valence-corrected chi connectivity index (χ4v) is 3.40. The first kappa shape index (κ1) is 15.5. The summed E-state index contributed by atoms with van der Waals surface area (Å²) in [5.41, 5.74) is 2.26. The number of para-hydroxylation sites is 1. The third-order valence-corrected chi connectivity index (χ3v) is 4.70. The molecule has 126 valence electrons. The molecular weight excluding hydrogens is 316 g/mol. The molecule has 0 saturated heterocycles. The largest absolute Gasteiger partial charge is 0.308 e. The van der Waals surface area contributed by atoms with Gasteiger partial charge in [0.2, 0.25) is 5.91 Å². The molecule has 0 N–H and O–H groups in total. The van der Waals surface area contributed by atoms with Crippen molar-refractivity contribution < 1.29 is 4.79 Å². The summed E-state index contributed by atoms with van der Waals surface area (Å²) < 4.78 is 1.36. The highest BCUT2D eigenvalue weighted by Crippen LogP contribution is 2.30. The van der Waals surface area contributed by atoms with Crippen molar-refractivity contribution >= 4 is 22.6 Å². The van der Waals surface area contributed by atoms with E-state index in [9.17, 15) is 9.59 Å². The third kappa shape index (κ3) is 2.69. The summed E-state index contributed by atoms with van der Waals surface area (Å²) in [6.45, 7) is 2.01. The Morgan fingerprint density at radius 1 is 1.20 bits per heavy atom. The Balaban J connectivity index is 1.69.